The van der Waals surface area contributed by atoms with Crippen LogP contribution in [0, 0.1) is 0 Å². The van der Waals surface area contributed by atoms with Crippen molar-refractivity contribution in [3.05, 3.63) is 0 Å². The van der Waals surface area contributed by atoms with Crippen molar-refractivity contribution in [3.63, 3.8) is 0 Å². The second-order valence-electron chi connectivity index (χ2n) is 4.26. The molecule has 0 spiro atoms. The van der Waals surface area contributed by atoms with Crippen LogP contribution in [0.5, 0.6) is 0 Å². The Morgan fingerprint density at radius 3 is 1.47 bits per heavy atom. The van der Waals surface area contributed by atoms with Crippen LogP contribution in [0.1, 0.15) is 67.1 Å². The Kier molecular flexibility index (Phi) is 17.4. The standard InChI is InChI=1S/C13H29N.Li.H/c1-4-7-10-13-14(11-8-5-2)12-9-6-3;;/h4-13H2,1-3H3;;/q;+1;-1. The van der Waals surface area contributed by atoms with Crippen molar-refractivity contribution < 1.29 is 20.3 Å². The molecule has 2 heteroatoms. The quantitative estimate of drug-likeness (QED) is 0.384. The average Bonchev–Trinajstić information content (AvgIpc) is 2.21. The largest absolute Gasteiger partial charge is 1.00 e. The van der Waals surface area contributed by atoms with E-state index in [0.29, 0.717) is 0 Å². The summed E-state index contributed by atoms with van der Waals surface area (Å²) in [4.78, 5) is 2.66. The van der Waals surface area contributed by atoms with Crippen molar-refractivity contribution in [1.29, 1.82) is 0 Å². The van der Waals surface area contributed by atoms with Crippen LogP contribution in [0.2, 0.25) is 0 Å². The second-order valence-corrected chi connectivity index (χ2v) is 4.26. The predicted octanol–water partition coefficient (Wildman–Crippen LogP) is 1.20. The van der Waals surface area contributed by atoms with Gasteiger partial charge in [0.15, 0.2) is 0 Å². The van der Waals surface area contributed by atoms with Crippen molar-refractivity contribution >= 4 is 0 Å². The molecule has 0 saturated carbocycles. The van der Waals surface area contributed by atoms with Crippen LogP contribution in [0.4, 0.5) is 0 Å². The summed E-state index contributed by atoms with van der Waals surface area (Å²) >= 11 is 0. The molecular formula is C13H30LiN. The van der Waals surface area contributed by atoms with Gasteiger partial charge in [0, 0.05) is 0 Å². The van der Waals surface area contributed by atoms with Gasteiger partial charge in [0.1, 0.15) is 0 Å². The molecule has 0 radical (unpaired) electrons. The average molecular weight is 207 g/mol. The zero-order valence-corrected chi connectivity index (χ0v) is 11.5. The zero-order chi connectivity index (χ0) is 10.6. The first-order valence-electron chi connectivity index (χ1n) is 6.57. The SMILES string of the molecule is CCCCCN(CCCC)CCCC.[H-].[Li+]. The Balaban J connectivity index is -0.000000845. The molecule has 0 bridgehead atoms. The molecule has 88 valence electrons. The molecule has 0 unspecified atom stereocenters. The molecule has 0 atom stereocenters. The minimum atomic E-state index is 0. The van der Waals surface area contributed by atoms with E-state index in [4.69, 9.17) is 0 Å². The van der Waals surface area contributed by atoms with E-state index in [1.807, 2.05) is 0 Å². The van der Waals surface area contributed by atoms with Gasteiger partial charge in [-0.2, -0.15) is 0 Å². The van der Waals surface area contributed by atoms with Crippen LogP contribution >= 0.6 is 0 Å². The van der Waals surface area contributed by atoms with Gasteiger partial charge in [-0.1, -0.05) is 46.5 Å². The number of hydrogen-bond donors (Lipinski definition) is 0. The van der Waals surface area contributed by atoms with Crippen molar-refractivity contribution in [2.45, 2.75) is 65.7 Å². The van der Waals surface area contributed by atoms with E-state index in [0.717, 1.165) is 0 Å². The topological polar surface area (TPSA) is 3.24 Å². The van der Waals surface area contributed by atoms with Crippen LogP contribution < -0.4 is 18.9 Å². The van der Waals surface area contributed by atoms with Crippen molar-refractivity contribution in [1.82, 2.24) is 4.90 Å². The van der Waals surface area contributed by atoms with E-state index >= 15 is 0 Å². The Labute approximate surface area is 111 Å². The Morgan fingerprint density at radius 2 is 1.07 bits per heavy atom. The summed E-state index contributed by atoms with van der Waals surface area (Å²) in [6.45, 7) is 10.8. The summed E-state index contributed by atoms with van der Waals surface area (Å²) in [5.74, 6) is 0. The molecule has 0 aromatic carbocycles. The summed E-state index contributed by atoms with van der Waals surface area (Å²) in [5, 5.41) is 0. The number of rotatable bonds is 10. The maximum atomic E-state index is 2.66. The summed E-state index contributed by atoms with van der Waals surface area (Å²) in [5.41, 5.74) is 0. The summed E-state index contributed by atoms with van der Waals surface area (Å²) in [7, 11) is 0. The van der Waals surface area contributed by atoms with E-state index in [1.165, 1.54) is 64.6 Å². The fraction of sp³-hybridized carbons (Fsp3) is 1.00. The molecule has 0 heterocycles. The van der Waals surface area contributed by atoms with Gasteiger partial charge in [0.2, 0.25) is 0 Å². The molecule has 1 nitrogen and oxygen atoms in total. The van der Waals surface area contributed by atoms with E-state index in [9.17, 15) is 0 Å². The molecule has 0 aliphatic heterocycles. The van der Waals surface area contributed by atoms with Crippen molar-refractivity contribution in [2.24, 2.45) is 0 Å². The maximum absolute atomic E-state index is 2.66. The molecule has 0 saturated heterocycles. The molecule has 0 aliphatic carbocycles. The van der Waals surface area contributed by atoms with Gasteiger partial charge in [-0.25, -0.2) is 0 Å². The van der Waals surface area contributed by atoms with Gasteiger partial charge in [-0.15, -0.1) is 0 Å². The minimum absolute atomic E-state index is 0. The zero-order valence-electron chi connectivity index (χ0n) is 12.5. The Morgan fingerprint density at radius 1 is 0.667 bits per heavy atom. The van der Waals surface area contributed by atoms with Gasteiger partial charge in [0.25, 0.3) is 0 Å². The molecule has 0 fully saturated rings. The normalized spacial score (nSPS) is 10.4. The van der Waals surface area contributed by atoms with Gasteiger partial charge < -0.3 is 6.33 Å². The van der Waals surface area contributed by atoms with Crippen LogP contribution in [-0.2, 0) is 0 Å². The van der Waals surface area contributed by atoms with Crippen LogP contribution in [0.3, 0.4) is 0 Å². The maximum Gasteiger partial charge on any atom is 1.00 e. The first-order valence-corrected chi connectivity index (χ1v) is 6.57. The van der Waals surface area contributed by atoms with Crippen LogP contribution in [0.15, 0.2) is 0 Å². The molecule has 0 aromatic rings. The van der Waals surface area contributed by atoms with Gasteiger partial charge in [-0.3, -0.25) is 0 Å². The van der Waals surface area contributed by atoms with E-state index < -0.39 is 0 Å². The summed E-state index contributed by atoms with van der Waals surface area (Å²) in [6, 6.07) is 0. The Bertz CT molecular complexity index is 104. The molecule has 0 rings (SSSR count). The summed E-state index contributed by atoms with van der Waals surface area (Å²) < 4.78 is 0. The number of unbranched alkanes of at least 4 members (excludes halogenated alkanes) is 4. The van der Waals surface area contributed by atoms with Crippen LogP contribution in [0.25, 0.3) is 0 Å². The molecule has 0 aromatic heterocycles. The first-order chi connectivity index (χ1) is 6.85. The Hall–Kier alpha value is 0.557. The molecule has 0 amide bonds. The molecular weight excluding hydrogens is 177 g/mol. The fourth-order valence-corrected chi connectivity index (χ4v) is 1.68. The monoisotopic (exact) mass is 207 g/mol. The third-order valence-electron chi connectivity index (χ3n) is 2.73. The van der Waals surface area contributed by atoms with Crippen LogP contribution in [-0.4, -0.2) is 24.5 Å². The van der Waals surface area contributed by atoms with Gasteiger partial charge in [-0.05, 0) is 38.9 Å². The van der Waals surface area contributed by atoms with E-state index in [1.54, 1.807) is 0 Å². The predicted molar refractivity (Wildman–Crippen MR) is 66.9 cm³/mol. The third-order valence-corrected chi connectivity index (χ3v) is 2.73. The smallest absolute Gasteiger partial charge is 1.00 e. The minimum Gasteiger partial charge on any atom is -1.00 e. The number of nitrogens with zero attached hydrogens (tertiary/aromatic N) is 1. The number of hydrogen-bond acceptors (Lipinski definition) is 1. The van der Waals surface area contributed by atoms with Crippen molar-refractivity contribution in [3.8, 4) is 0 Å². The molecule has 0 N–H and O–H groups in total. The van der Waals surface area contributed by atoms with Crippen molar-refractivity contribution in [2.75, 3.05) is 19.6 Å². The van der Waals surface area contributed by atoms with E-state index in [2.05, 4.69) is 25.7 Å². The van der Waals surface area contributed by atoms with E-state index in [-0.39, 0.29) is 20.3 Å². The molecule has 0 aliphatic rings. The fourth-order valence-electron chi connectivity index (χ4n) is 1.68. The van der Waals surface area contributed by atoms with Gasteiger partial charge >= 0.3 is 18.9 Å². The summed E-state index contributed by atoms with van der Waals surface area (Å²) in [6.07, 6.45) is 9.53. The third kappa shape index (κ3) is 12.5. The molecule has 15 heavy (non-hydrogen) atoms. The van der Waals surface area contributed by atoms with Gasteiger partial charge in [0.05, 0.1) is 0 Å². The second kappa shape index (κ2) is 14.6. The first kappa shape index (κ1) is 17.9.